The lowest BCUT2D eigenvalue weighted by Crippen LogP contribution is -2.30. The van der Waals surface area contributed by atoms with Crippen LogP contribution < -0.4 is 0 Å². The van der Waals surface area contributed by atoms with Crippen molar-refractivity contribution in [3.63, 3.8) is 0 Å². The number of aromatic amines is 1. The standard InChI is InChI=1S/C14H19N5/c1-10(2)19-7-3-4-14(19)13-9-15-12(8-16-13)11-5-6-17-18-11/h5-6,8-10,14H,3-4,7H2,1-2H3,(H,17,18)/t14-/m1/s1. The van der Waals surface area contributed by atoms with Crippen molar-refractivity contribution in [2.75, 3.05) is 6.54 Å². The quantitative estimate of drug-likeness (QED) is 0.917. The van der Waals surface area contributed by atoms with E-state index in [2.05, 4.69) is 38.9 Å². The number of rotatable bonds is 3. The van der Waals surface area contributed by atoms with E-state index < -0.39 is 0 Å². The number of nitrogens with one attached hydrogen (secondary N) is 1. The Morgan fingerprint density at radius 3 is 2.84 bits per heavy atom. The smallest absolute Gasteiger partial charge is 0.106 e. The van der Waals surface area contributed by atoms with Crippen molar-refractivity contribution in [2.45, 2.75) is 38.8 Å². The zero-order valence-electron chi connectivity index (χ0n) is 11.4. The summed E-state index contributed by atoms with van der Waals surface area (Å²) in [7, 11) is 0. The van der Waals surface area contributed by atoms with Gasteiger partial charge in [0, 0.05) is 12.2 Å². The van der Waals surface area contributed by atoms with E-state index >= 15 is 0 Å². The van der Waals surface area contributed by atoms with Crippen molar-refractivity contribution in [3.05, 3.63) is 30.4 Å². The van der Waals surface area contributed by atoms with Gasteiger partial charge in [0.2, 0.25) is 0 Å². The molecule has 100 valence electrons. The van der Waals surface area contributed by atoms with Gasteiger partial charge in [-0.1, -0.05) is 0 Å². The van der Waals surface area contributed by atoms with Crippen molar-refractivity contribution in [3.8, 4) is 11.4 Å². The predicted molar refractivity (Wildman–Crippen MR) is 73.4 cm³/mol. The summed E-state index contributed by atoms with van der Waals surface area (Å²) in [5, 5.41) is 6.84. The lowest BCUT2D eigenvalue weighted by molar-refractivity contribution is 0.202. The van der Waals surface area contributed by atoms with E-state index in [-0.39, 0.29) is 0 Å². The molecule has 0 spiro atoms. The molecule has 0 bridgehead atoms. The zero-order valence-corrected chi connectivity index (χ0v) is 11.4. The Labute approximate surface area is 113 Å². The van der Waals surface area contributed by atoms with Gasteiger partial charge in [0.05, 0.1) is 29.8 Å². The fourth-order valence-electron chi connectivity index (χ4n) is 2.77. The van der Waals surface area contributed by atoms with Crippen LogP contribution in [0.2, 0.25) is 0 Å². The maximum atomic E-state index is 4.60. The van der Waals surface area contributed by atoms with Crippen LogP contribution in [0.1, 0.15) is 38.4 Å². The molecular formula is C14H19N5. The molecular weight excluding hydrogens is 238 g/mol. The number of aromatic nitrogens is 4. The lowest BCUT2D eigenvalue weighted by Gasteiger charge is -2.27. The molecule has 0 unspecified atom stereocenters. The fraction of sp³-hybridized carbons (Fsp3) is 0.500. The lowest BCUT2D eigenvalue weighted by atomic mass is 10.1. The minimum Gasteiger partial charge on any atom is -0.292 e. The Morgan fingerprint density at radius 1 is 1.32 bits per heavy atom. The molecule has 5 heteroatoms. The van der Waals surface area contributed by atoms with Gasteiger partial charge in [-0.05, 0) is 39.3 Å². The Kier molecular flexibility index (Phi) is 3.29. The Hall–Kier alpha value is -1.75. The van der Waals surface area contributed by atoms with Gasteiger partial charge in [0.25, 0.3) is 0 Å². The van der Waals surface area contributed by atoms with Crippen molar-refractivity contribution in [2.24, 2.45) is 0 Å². The molecule has 5 nitrogen and oxygen atoms in total. The number of hydrogen-bond acceptors (Lipinski definition) is 4. The first-order valence-electron chi connectivity index (χ1n) is 6.83. The third-order valence-electron chi connectivity index (χ3n) is 3.75. The van der Waals surface area contributed by atoms with E-state index in [1.54, 1.807) is 6.20 Å². The van der Waals surface area contributed by atoms with Gasteiger partial charge in [-0.15, -0.1) is 0 Å². The van der Waals surface area contributed by atoms with Gasteiger partial charge < -0.3 is 0 Å². The average molecular weight is 257 g/mol. The third kappa shape index (κ3) is 2.38. The van der Waals surface area contributed by atoms with Gasteiger partial charge in [0.1, 0.15) is 5.69 Å². The Balaban J connectivity index is 1.83. The van der Waals surface area contributed by atoms with Crippen LogP contribution in [0.25, 0.3) is 11.4 Å². The van der Waals surface area contributed by atoms with Crippen LogP contribution in [-0.4, -0.2) is 37.7 Å². The molecule has 0 aliphatic carbocycles. The number of H-pyrrole nitrogens is 1. The third-order valence-corrected chi connectivity index (χ3v) is 3.75. The number of nitrogens with zero attached hydrogens (tertiary/aromatic N) is 4. The van der Waals surface area contributed by atoms with Gasteiger partial charge >= 0.3 is 0 Å². The van der Waals surface area contributed by atoms with E-state index in [0.29, 0.717) is 12.1 Å². The maximum absolute atomic E-state index is 4.60. The second-order valence-corrected chi connectivity index (χ2v) is 5.29. The highest BCUT2D eigenvalue weighted by Gasteiger charge is 2.28. The molecule has 1 N–H and O–H groups in total. The summed E-state index contributed by atoms with van der Waals surface area (Å²) in [4.78, 5) is 11.6. The predicted octanol–water partition coefficient (Wildman–Crippen LogP) is 2.41. The Bertz CT molecular complexity index is 517. The minimum absolute atomic E-state index is 0.420. The summed E-state index contributed by atoms with van der Waals surface area (Å²) < 4.78 is 0. The highest BCUT2D eigenvalue weighted by Crippen LogP contribution is 2.32. The summed E-state index contributed by atoms with van der Waals surface area (Å²) in [6.45, 7) is 5.64. The molecule has 0 amide bonds. The van der Waals surface area contributed by atoms with Crippen LogP contribution >= 0.6 is 0 Å². The van der Waals surface area contributed by atoms with E-state index in [1.807, 2.05) is 18.5 Å². The first kappa shape index (κ1) is 12.3. The molecule has 3 heterocycles. The zero-order chi connectivity index (χ0) is 13.2. The van der Waals surface area contributed by atoms with Crippen LogP contribution in [0.4, 0.5) is 0 Å². The van der Waals surface area contributed by atoms with Gasteiger partial charge in [-0.25, -0.2) is 0 Å². The monoisotopic (exact) mass is 257 g/mol. The van der Waals surface area contributed by atoms with Crippen molar-refractivity contribution >= 4 is 0 Å². The highest BCUT2D eigenvalue weighted by molar-refractivity contribution is 5.51. The molecule has 0 aromatic carbocycles. The van der Waals surface area contributed by atoms with Crippen LogP contribution in [0.15, 0.2) is 24.7 Å². The second-order valence-electron chi connectivity index (χ2n) is 5.29. The van der Waals surface area contributed by atoms with Gasteiger partial charge in [-0.3, -0.25) is 20.0 Å². The molecule has 0 radical (unpaired) electrons. The number of hydrogen-bond donors (Lipinski definition) is 1. The SMILES string of the molecule is CC(C)N1CCC[C@@H]1c1cnc(-c2ccn[nH]2)cn1. The van der Waals surface area contributed by atoms with E-state index in [4.69, 9.17) is 0 Å². The summed E-state index contributed by atoms with van der Waals surface area (Å²) in [5.41, 5.74) is 2.83. The summed E-state index contributed by atoms with van der Waals surface area (Å²) in [6.07, 6.45) is 7.88. The van der Waals surface area contributed by atoms with Gasteiger partial charge in [0.15, 0.2) is 0 Å². The normalized spacial score (nSPS) is 20.3. The first-order valence-corrected chi connectivity index (χ1v) is 6.83. The highest BCUT2D eigenvalue weighted by atomic mass is 15.2. The Morgan fingerprint density at radius 2 is 2.21 bits per heavy atom. The molecule has 1 aliphatic rings. The molecule has 2 aromatic rings. The van der Waals surface area contributed by atoms with E-state index in [1.165, 1.54) is 12.8 Å². The molecule has 1 atom stereocenters. The van der Waals surface area contributed by atoms with Crippen LogP contribution in [0, 0.1) is 0 Å². The van der Waals surface area contributed by atoms with E-state index in [0.717, 1.165) is 23.6 Å². The van der Waals surface area contributed by atoms with Crippen molar-refractivity contribution < 1.29 is 0 Å². The topological polar surface area (TPSA) is 57.7 Å². The van der Waals surface area contributed by atoms with Crippen LogP contribution in [0.5, 0.6) is 0 Å². The number of likely N-dealkylation sites (tertiary alicyclic amines) is 1. The molecule has 1 aliphatic heterocycles. The van der Waals surface area contributed by atoms with E-state index in [9.17, 15) is 0 Å². The summed E-state index contributed by atoms with van der Waals surface area (Å²) >= 11 is 0. The molecule has 2 aromatic heterocycles. The summed E-state index contributed by atoms with van der Waals surface area (Å²) in [5.74, 6) is 0. The second kappa shape index (κ2) is 5.09. The molecule has 0 saturated carbocycles. The van der Waals surface area contributed by atoms with Crippen molar-refractivity contribution in [1.29, 1.82) is 0 Å². The molecule has 1 fully saturated rings. The van der Waals surface area contributed by atoms with Gasteiger partial charge in [-0.2, -0.15) is 5.10 Å². The molecule has 3 rings (SSSR count). The fourth-order valence-corrected chi connectivity index (χ4v) is 2.77. The average Bonchev–Trinajstić information content (AvgIpc) is 3.10. The molecule has 1 saturated heterocycles. The van der Waals surface area contributed by atoms with Crippen LogP contribution in [-0.2, 0) is 0 Å². The maximum Gasteiger partial charge on any atom is 0.106 e. The van der Waals surface area contributed by atoms with Crippen LogP contribution in [0.3, 0.4) is 0 Å². The summed E-state index contributed by atoms with van der Waals surface area (Å²) in [6, 6.07) is 2.88. The minimum atomic E-state index is 0.420. The molecule has 19 heavy (non-hydrogen) atoms. The van der Waals surface area contributed by atoms with Crippen molar-refractivity contribution in [1.82, 2.24) is 25.1 Å². The largest absolute Gasteiger partial charge is 0.292 e. The first-order chi connectivity index (χ1) is 9.25.